The molecule has 0 unspecified atom stereocenters. The normalized spacial score (nSPS) is 11.8. The molecule has 0 spiro atoms. The minimum Gasteiger partial charge on any atom is -0.341 e. The van der Waals surface area contributed by atoms with Crippen LogP contribution in [0, 0.1) is 0 Å². The van der Waals surface area contributed by atoms with Crippen molar-refractivity contribution < 1.29 is 9.59 Å². The molecule has 200 valence electrons. The highest BCUT2D eigenvalue weighted by molar-refractivity contribution is 6.30. The third-order valence-electron chi connectivity index (χ3n) is 6.02. The Bertz CT molecular complexity index is 1590. The molecule has 2 aromatic heterocycles. The summed E-state index contributed by atoms with van der Waals surface area (Å²) in [6.07, 6.45) is 8.45. The van der Waals surface area contributed by atoms with E-state index in [0.29, 0.717) is 34.8 Å². The maximum Gasteiger partial charge on any atom is 0.246 e. The predicted molar refractivity (Wildman–Crippen MR) is 150 cm³/mol. The minimum absolute atomic E-state index is 0.330. The minimum atomic E-state index is -0.786. The number of hydrogen-bond donors (Lipinski definition) is 2. The summed E-state index contributed by atoms with van der Waals surface area (Å²) in [6.45, 7) is 0. The van der Waals surface area contributed by atoms with Gasteiger partial charge >= 0.3 is 0 Å². The Labute approximate surface area is 234 Å². The van der Waals surface area contributed by atoms with Gasteiger partial charge in [0.15, 0.2) is 0 Å². The first-order chi connectivity index (χ1) is 19.5. The van der Waals surface area contributed by atoms with Crippen molar-refractivity contribution in [2.45, 2.75) is 18.9 Å². The Kier molecular flexibility index (Phi) is 8.32. The summed E-state index contributed by atoms with van der Waals surface area (Å²) in [6, 6.07) is 21.3. The molecule has 5 rings (SSSR count). The molecular weight excluding hydrogens is 530 g/mol. The molecule has 0 radical (unpaired) electrons. The maximum atomic E-state index is 13.3. The largest absolute Gasteiger partial charge is 0.341 e. The van der Waals surface area contributed by atoms with E-state index in [1.54, 1.807) is 47.4 Å². The Hall–Kier alpha value is -5.16. The zero-order chi connectivity index (χ0) is 27.7. The first-order valence-corrected chi connectivity index (χ1v) is 12.7. The van der Waals surface area contributed by atoms with Gasteiger partial charge < -0.3 is 10.6 Å². The molecule has 0 aliphatic heterocycles. The van der Waals surface area contributed by atoms with Gasteiger partial charge in [0.2, 0.25) is 11.8 Å². The molecule has 11 nitrogen and oxygen atoms in total. The number of tetrazole rings is 1. The average Bonchev–Trinajstić information content (AvgIpc) is 3.71. The molecule has 0 saturated carbocycles. The third-order valence-corrected chi connectivity index (χ3v) is 6.25. The van der Waals surface area contributed by atoms with E-state index >= 15 is 0 Å². The fourth-order valence-corrected chi connectivity index (χ4v) is 4.20. The number of carbonyl (C=O) groups excluding carboxylic acids is 2. The zero-order valence-electron chi connectivity index (χ0n) is 21.1. The van der Waals surface area contributed by atoms with E-state index in [1.807, 2.05) is 42.5 Å². The number of halogens is 1. The van der Waals surface area contributed by atoms with Gasteiger partial charge in [0.1, 0.15) is 25.0 Å². The number of hydrogen-bond acceptors (Lipinski definition) is 7. The standard InChI is InChI=1S/C28H24ClN9O2/c29-22-8-14-26(38-19-31-35-36-38)21(16-22)7-15-27(39)34-25(13-6-20-4-2-1-3-5-20)28(40)33-23-9-11-24(12-10-23)37-18-30-17-32-37/h1-5,7-12,14-19,25H,6,13H2,(H,33,40)(H,34,39)/b15-7+/t25-/m0/s1. The van der Waals surface area contributed by atoms with Crippen molar-refractivity contribution in [1.29, 1.82) is 0 Å². The van der Waals surface area contributed by atoms with E-state index in [2.05, 4.69) is 36.2 Å². The number of carbonyl (C=O) groups is 2. The summed E-state index contributed by atoms with van der Waals surface area (Å²) in [5.74, 6) is -0.763. The van der Waals surface area contributed by atoms with Crippen LogP contribution in [0.15, 0.2) is 97.9 Å². The van der Waals surface area contributed by atoms with Crippen LogP contribution in [0.2, 0.25) is 5.02 Å². The number of aryl methyl sites for hydroxylation is 1. The fourth-order valence-electron chi connectivity index (χ4n) is 4.02. The van der Waals surface area contributed by atoms with Gasteiger partial charge in [0.05, 0.1) is 11.4 Å². The van der Waals surface area contributed by atoms with Crippen LogP contribution in [0.5, 0.6) is 0 Å². The molecule has 0 bridgehead atoms. The van der Waals surface area contributed by atoms with Gasteiger partial charge in [-0.3, -0.25) is 9.59 Å². The van der Waals surface area contributed by atoms with E-state index in [1.165, 1.54) is 23.4 Å². The maximum absolute atomic E-state index is 13.3. The van der Waals surface area contributed by atoms with Crippen LogP contribution in [-0.4, -0.2) is 52.8 Å². The molecule has 3 aromatic carbocycles. The van der Waals surface area contributed by atoms with Crippen LogP contribution in [0.3, 0.4) is 0 Å². The van der Waals surface area contributed by atoms with Crippen molar-refractivity contribution in [3.8, 4) is 11.4 Å². The van der Waals surface area contributed by atoms with Crippen molar-refractivity contribution in [2.75, 3.05) is 5.32 Å². The van der Waals surface area contributed by atoms with Gasteiger partial charge in [0, 0.05) is 22.3 Å². The van der Waals surface area contributed by atoms with Crippen molar-refractivity contribution in [2.24, 2.45) is 0 Å². The Morgan fingerprint density at radius 3 is 2.52 bits per heavy atom. The quantitative estimate of drug-likeness (QED) is 0.252. The summed E-state index contributed by atoms with van der Waals surface area (Å²) >= 11 is 6.18. The smallest absolute Gasteiger partial charge is 0.246 e. The number of amides is 2. The van der Waals surface area contributed by atoms with E-state index in [9.17, 15) is 9.59 Å². The van der Waals surface area contributed by atoms with Crippen LogP contribution >= 0.6 is 11.6 Å². The number of aromatic nitrogens is 7. The highest BCUT2D eigenvalue weighted by Gasteiger charge is 2.20. The molecule has 1 atom stereocenters. The predicted octanol–water partition coefficient (Wildman–Crippen LogP) is 3.67. The molecule has 12 heteroatoms. The van der Waals surface area contributed by atoms with Gasteiger partial charge in [-0.2, -0.15) is 9.78 Å². The highest BCUT2D eigenvalue weighted by atomic mass is 35.5. The highest BCUT2D eigenvalue weighted by Crippen LogP contribution is 2.20. The van der Waals surface area contributed by atoms with E-state index in [4.69, 9.17) is 11.6 Å². The number of benzene rings is 3. The summed E-state index contributed by atoms with van der Waals surface area (Å²) in [5, 5.41) is 21.6. The van der Waals surface area contributed by atoms with Gasteiger partial charge in [-0.05, 0) is 77.4 Å². The molecular formula is C28H24ClN9O2. The number of anilines is 1. The first kappa shape index (κ1) is 26.4. The molecule has 0 fully saturated rings. The van der Waals surface area contributed by atoms with Gasteiger partial charge in [0.25, 0.3) is 0 Å². The second kappa shape index (κ2) is 12.6. The second-order valence-corrected chi connectivity index (χ2v) is 9.19. The van der Waals surface area contributed by atoms with Crippen molar-refractivity contribution >= 4 is 35.2 Å². The molecule has 2 amide bonds. The van der Waals surface area contributed by atoms with Crippen LogP contribution in [-0.2, 0) is 16.0 Å². The van der Waals surface area contributed by atoms with Crippen LogP contribution in [0.4, 0.5) is 5.69 Å². The summed E-state index contributed by atoms with van der Waals surface area (Å²) in [4.78, 5) is 30.2. The van der Waals surface area contributed by atoms with E-state index in [0.717, 1.165) is 11.3 Å². The van der Waals surface area contributed by atoms with Crippen LogP contribution < -0.4 is 10.6 Å². The SMILES string of the molecule is O=C(/C=C/c1cc(Cl)ccc1-n1cnnn1)N[C@@H](CCc1ccccc1)C(=O)Nc1ccc(-n2cncn2)cc1. The third kappa shape index (κ3) is 6.83. The van der Waals surface area contributed by atoms with Gasteiger partial charge in [-0.15, -0.1) is 5.10 Å². The lowest BCUT2D eigenvalue weighted by molar-refractivity contribution is -0.123. The summed E-state index contributed by atoms with van der Waals surface area (Å²) in [5.41, 5.74) is 3.73. The zero-order valence-corrected chi connectivity index (χ0v) is 21.9. The molecule has 0 aliphatic carbocycles. The number of rotatable bonds is 10. The first-order valence-electron chi connectivity index (χ1n) is 12.4. The van der Waals surface area contributed by atoms with Crippen LogP contribution in [0.1, 0.15) is 17.5 Å². The molecule has 0 aliphatic rings. The molecule has 0 saturated heterocycles. The van der Waals surface area contributed by atoms with Gasteiger partial charge in [-0.1, -0.05) is 41.9 Å². The van der Waals surface area contributed by atoms with Gasteiger partial charge in [-0.25, -0.2) is 9.67 Å². The lowest BCUT2D eigenvalue weighted by Gasteiger charge is -2.18. The fraction of sp³-hybridized carbons (Fsp3) is 0.107. The Balaban J connectivity index is 1.30. The molecule has 2 heterocycles. The number of nitrogens with zero attached hydrogens (tertiary/aromatic N) is 7. The summed E-state index contributed by atoms with van der Waals surface area (Å²) in [7, 11) is 0. The molecule has 2 N–H and O–H groups in total. The van der Waals surface area contributed by atoms with Crippen molar-refractivity contribution in [1.82, 2.24) is 40.3 Å². The van der Waals surface area contributed by atoms with Crippen LogP contribution in [0.25, 0.3) is 17.5 Å². The second-order valence-electron chi connectivity index (χ2n) is 8.75. The Morgan fingerprint density at radius 1 is 0.975 bits per heavy atom. The lowest BCUT2D eigenvalue weighted by atomic mass is 10.0. The molecule has 5 aromatic rings. The van der Waals surface area contributed by atoms with Crippen molar-refractivity contribution in [3.63, 3.8) is 0 Å². The lowest BCUT2D eigenvalue weighted by Crippen LogP contribution is -2.43. The topological polar surface area (TPSA) is 133 Å². The molecule has 40 heavy (non-hydrogen) atoms. The van der Waals surface area contributed by atoms with E-state index < -0.39 is 11.9 Å². The van der Waals surface area contributed by atoms with E-state index in [-0.39, 0.29) is 5.91 Å². The van der Waals surface area contributed by atoms with Crippen molar-refractivity contribution in [3.05, 3.63) is 114 Å². The Morgan fingerprint density at radius 2 is 1.80 bits per heavy atom. The summed E-state index contributed by atoms with van der Waals surface area (Å²) < 4.78 is 3.09. The monoisotopic (exact) mass is 553 g/mol. The average molecular weight is 554 g/mol. The number of nitrogens with one attached hydrogen (secondary N) is 2.